The van der Waals surface area contributed by atoms with Gasteiger partial charge in [0.15, 0.2) is 5.60 Å². The number of carbonyl (C=O) groups is 3. The third-order valence-electron chi connectivity index (χ3n) is 5.69. The number of carbonyl (C=O) groups excluding carboxylic acids is 3. The molecule has 3 aliphatic heterocycles. The van der Waals surface area contributed by atoms with Gasteiger partial charge >= 0.3 is 6.09 Å². The third kappa shape index (κ3) is 2.27. The Morgan fingerprint density at radius 1 is 1.20 bits per heavy atom. The number of ether oxygens (including phenoxy) is 1. The Bertz CT molecular complexity index is 739. The highest BCUT2D eigenvalue weighted by Gasteiger charge is 2.63. The van der Waals surface area contributed by atoms with Crippen molar-refractivity contribution in [2.24, 2.45) is 5.92 Å². The molecule has 4 heterocycles. The maximum atomic E-state index is 12.6. The van der Waals surface area contributed by atoms with Crippen molar-refractivity contribution in [1.29, 1.82) is 0 Å². The third-order valence-corrected chi connectivity index (χ3v) is 6.55. The largest absolute Gasteiger partial charge is 0.437 e. The van der Waals surface area contributed by atoms with Crippen LogP contribution >= 0.6 is 11.3 Å². The van der Waals surface area contributed by atoms with E-state index in [0.29, 0.717) is 37.6 Å². The molecule has 4 aliphatic rings. The molecule has 1 aromatic rings. The molecule has 1 atom stereocenters. The Kier molecular flexibility index (Phi) is 3.16. The molecule has 7 nitrogen and oxygen atoms in total. The van der Waals surface area contributed by atoms with E-state index in [2.05, 4.69) is 0 Å². The summed E-state index contributed by atoms with van der Waals surface area (Å²) in [6.45, 7) is 2.38. The second-order valence-electron chi connectivity index (χ2n) is 7.34. The Morgan fingerprint density at radius 3 is 2.68 bits per heavy atom. The number of thiophene rings is 1. The zero-order valence-corrected chi connectivity index (χ0v) is 14.5. The van der Waals surface area contributed by atoms with Gasteiger partial charge in [0.2, 0.25) is 5.91 Å². The normalized spacial score (nSPS) is 27.1. The van der Waals surface area contributed by atoms with Crippen molar-refractivity contribution in [3.8, 4) is 0 Å². The summed E-state index contributed by atoms with van der Waals surface area (Å²) in [6.07, 6.45) is 1.63. The van der Waals surface area contributed by atoms with E-state index in [-0.39, 0.29) is 29.9 Å². The summed E-state index contributed by atoms with van der Waals surface area (Å²) >= 11 is 1.43. The number of piperazine rings is 1. The second kappa shape index (κ2) is 5.20. The Morgan fingerprint density at radius 2 is 2.00 bits per heavy atom. The van der Waals surface area contributed by atoms with Gasteiger partial charge in [0.05, 0.1) is 24.0 Å². The lowest BCUT2D eigenvalue weighted by atomic mass is 9.84. The minimum absolute atomic E-state index is 0.00869. The van der Waals surface area contributed by atoms with Gasteiger partial charge in [-0.3, -0.25) is 14.5 Å². The summed E-state index contributed by atoms with van der Waals surface area (Å²) in [7, 11) is 0. The maximum Gasteiger partial charge on any atom is 0.411 e. The van der Waals surface area contributed by atoms with E-state index >= 15 is 0 Å². The first-order chi connectivity index (χ1) is 12.1. The van der Waals surface area contributed by atoms with E-state index < -0.39 is 5.60 Å². The van der Waals surface area contributed by atoms with Gasteiger partial charge in [0.25, 0.3) is 5.91 Å². The van der Waals surface area contributed by atoms with Gasteiger partial charge < -0.3 is 14.5 Å². The molecule has 1 spiro atoms. The van der Waals surface area contributed by atoms with Gasteiger partial charge in [-0.25, -0.2) is 4.79 Å². The number of rotatable bonds is 2. The molecular formula is C17H19N3O4S. The van der Waals surface area contributed by atoms with Crippen LogP contribution in [0, 0.1) is 5.92 Å². The predicted molar refractivity (Wildman–Crippen MR) is 89.2 cm³/mol. The standard InChI is InChI=1S/C17H19N3O4S/c21-14(11-3-4-11)19-9-17(10-19)13-8-18(5-6-20(13)16(23)24-17)15(22)12-2-1-7-25-12/h1-2,7,11,13H,3-6,8-10H2. The minimum atomic E-state index is -0.643. The van der Waals surface area contributed by atoms with Crippen LogP contribution in [0.25, 0.3) is 0 Å². The van der Waals surface area contributed by atoms with E-state index in [0.717, 1.165) is 12.8 Å². The van der Waals surface area contributed by atoms with E-state index in [4.69, 9.17) is 4.74 Å². The molecule has 1 aliphatic carbocycles. The highest BCUT2D eigenvalue weighted by Crippen LogP contribution is 2.42. The molecule has 3 saturated heterocycles. The van der Waals surface area contributed by atoms with Crippen molar-refractivity contribution in [1.82, 2.24) is 14.7 Å². The van der Waals surface area contributed by atoms with Crippen LogP contribution in [0.3, 0.4) is 0 Å². The number of nitrogens with zero attached hydrogens (tertiary/aromatic N) is 3. The van der Waals surface area contributed by atoms with Crippen LogP contribution in [0.4, 0.5) is 4.79 Å². The highest BCUT2D eigenvalue weighted by molar-refractivity contribution is 7.12. The van der Waals surface area contributed by atoms with Crippen LogP contribution < -0.4 is 0 Å². The van der Waals surface area contributed by atoms with Gasteiger partial charge in [-0.05, 0) is 24.3 Å². The zero-order chi connectivity index (χ0) is 17.2. The number of fused-ring (bicyclic) bond motifs is 2. The van der Waals surface area contributed by atoms with E-state index in [1.165, 1.54) is 11.3 Å². The molecule has 0 aromatic carbocycles. The van der Waals surface area contributed by atoms with Crippen molar-refractivity contribution < 1.29 is 19.1 Å². The molecule has 3 amide bonds. The van der Waals surface area contributed by atoms with Crippen LogP contribution in [0.15, 0.2) is 17.5 Å². The summed E-state index contributed by atoms with van der Waals surface area (Å²) < 4.78 is 5.69. The van der Waals surface area contributed by atoms with Gasteiger partial charge in [0.1, 0.15) is 0 Å². The lowest BCUT2D eigenvalue weighted by Gasteiger charge is -2.51. The SMILES string of the molecule is O=C(c1cccs1)N1CCN2C(=O)OC3(CN(C(=O)C4CC4)C3)C2C1. The minimum Gasteiger partial charge on any atom is -0.437 e. The average Bonchev–Trinajstić information content (AvgIpc) is 3.21. The lowest BCUT2D eigenvalue weighted by molar-refractivity contribution is -0.156. The Labute approximate surface area is 149 Å². The van der Waals surface area contributed by atoms with Crippen LogP contribution in [0.5, 0.6) is 0 Å². The van der Waals surface area contributed by atoms with Crippen molar-refractivity contribution >= 4 is 29.2 Å². The van der Waals surface area contributed by atoms with Gasteiger partial charge in [-0.15, -0.1) is 11.3 Å². The molecule has 0 N–H and O–H groups in total. The van der Waals surface area contributed by atoms with Crippen LogP contribution in [0.2, 0.25) is 0 Å². The number of hydrogen-bond donors (Lipinski definition) is 0. The maximum absolute atomic E-state index is 12.6. The molecule has 132 valence electrons. The molecule has 1 aromatic heterocycles. The van der Waals surface area contributed by atoms with Crippen LogP contribution in [-0.2, 0) is 9.53 Å². The van der Waals surface area contributed by atoms with Crippen molar-refractivity contribution in [3.05, 3.63) is 22.4 Å². The molecule has 8 heteroatoms. The summed E-state index contributed by atoms with van der Waals surface area (Å²) in [5, 5.41) is 1.89. The fraction of sp³-hybridized carbons (Fsp3) is 0.588. The van der Waals surface area contributed by atoms with Crippen molar-refractivity contribution in [3.63, 3.8) is 0 Å². The van der Waals surface area contributed by atoms with Crippen molar-refractivity contribution in [2.45, 2.75) is 24.5 Å². The van der Waals surface area contributed by atoms with E-state index in [9.17, 15) is 14.4 Å². The summed E-state index contributed by atoms with van der Waals surface area (Å²) in [5.74, 6) is 0.366. The van der Waals surface area contributed by atoms with Gasteiger partial charge in [-0.2, -0.15) is 0 Å². The predicted octanol–water partition coefficient (Wildman–Crippen LogP) is 1.02. The Hall–Kier alpha value is -2.09. The molecule has 5 rings (SSSR count). The van der Waals surface area contributed by atoms with Crippen LogP contribution in [0.1, 0.15) is 22.5 Å². The van der Waals surface area contributed by atoms with Crippen molar-refractivity contribution in [2.75, 3.05) is 32.7 Å². The first-order valence-electron chi connectivity index (χ1n) is 8.69. The van der Waals surface area contributed by atoms with Gasteiger partial charge in [0, 0.05) is 25.6 Å². The highest BCUT2D eigenvalue weighted by atomic mass is 32.1. The summed E-state index contributed by atoms with van der Waals surface area (Å²) in [5.41, 5.74) is -0.643. The Balaban J connectivity index is 1.32. The fourth-order valence-electron chi connectivity index (χ4n) is 4.11. The molecular weight excluding hydrogens is 342 g/mol. The van der Waals surface area contributed by atoms with E-state index in [1.54, 1.807) is 9.80 Å². The lowest BCUT2D eigenvalue weighted by Crippen LogP contribution is -2.72. The number of hydrogen-bond acceptors (Lipinski definition) is 5. The summed E-state index contributed by atoms with van der Waals surface area (Å²) in [6, 6.07) is 3.52. The number of amides is 3. The monoisotopic (exact) mass is 361 g/mol. The first kappa shape index (κ1) is 15.2. The first-order valence-corrected chi connectivity index (χ1v) is 9.56. The molecule has 1 saturated carbocycles. The zero-order valence-electron chi connectivity index (χ0n) is 13.7. The smallest absolute Gasteiger partial charge is 0.411 e. The molecule has 0 radical (unpaired) electrons. The number of likely N-dealkylation sites (tertiary alicyclic amines) is 1. The molecule has 25 heavy (non-hydrogen) atoms. The topological polar surface area (TPSA) is 70.2 Å². The molecule has 0 bridgehead atoms. The van der Waals surface area contributed by atoms with E-state index in [1.807, 2.05) is 22.4 Å². The fourth-order valence-corrected chi connectivity index (χ4v) is 4.80. The van der Waals surface area contributed by atoms with Gasteiger partial charge in [-0.1, -0.05) is 6.07 Å². The molecule has 1 unspecified atom stereocenters. The van der Waals surface area contributed by atoms with Crippen LogP contribution in [-0.4, -0.2) is 77.0 Å². The second-order valence-corrected chi connectivity index (χ2v) is 8.29. The quantitative estimate of drug-likeness (QED) is 0.789. The average molecular weight is 361 g/mol. The molecule has 4 fully saturated rings. The summed E-state index contributed by atoms with van der Waals surface area (Å²) in [4.78, 5) is 43.2.